The van der Waals surface area contributed by atoms with Crippen LogP contribution in [-0.2, 0) is 22.4 Å². The van der Waals surface area contributed by atoms with Crippen LogP contribution in [0.4, 0.5) is 5.69 Å². The van der Waals surface area contributed by atoms with Crippen LogP contribution in [0.15, 0.2) is 87.5 Å². The predicted molar refractivity (Wildman–Crippen MR) is 144 cm³/mol. The highest BCUT2D eigenvalue weighted by atomic mass is 32.2. The fraction of sp³-hybridized carbons (Fsp3) is 0.214. The Morgan fingerprint density at radius 2 is 1.89 bits per heavy atom. The Morgan fingerprint density at radius 1 is 1.05 bits per heavy atom. The lowest BCUT2D eigenvalue weighted by Gasteiger charge is -2.29. The number of aromatic nitrogens is 2. The minimum atomic E-state index is -0.466. The van der Waals surface area contributed by atoms with E-state index in [2.05, 4.69) is 31.7 Å². The largest absolute Gasteiger partial charge is 0.495 e. The number of anilines is 1. The van der Waals surface area contributed by atoms with Crippen molar-refractivity contribution in [2.24, 2.45) is 0 Å². The summed E-state index contributed by atoms with van der Waals surface area (Å²) in [6.45, 7) is 3.40. The third kappa shape index (κ3) is 4.81. The quantitative estimate of drug-likeness (QED) is 0.373. The van der Waals surface area contributed by atoms with Gasteiger partial charge in [-0.25, -0.2) is 0 Å². The molecule has 0 spiro atoms. The number of rotatable bonds is 6. The lowest BCUT2D eigenvalue weighted by Crippen LogP contribution is -2.36. The number of para-hydroxylation sites is 2. The standard InChI is InChI=1S/C28H26N4O4S/c1-34-21-10-9-19(29-18-21)17-30-37-25-7-3-2-6-24(25)36-28-22(5-4-8-26(28)37)23-15-20(16-27(33)31-23)32-11-13-35-14-12-32/h2-10,15-16,18,30H,11-14,17H2,1H3/p+1. The van der Waals surface area contributed by atoms with Crippen molar-refractivity contribution < 1.29 is 14.2 Å². The molecule has 4 heterocycles. The van der Waals surface area contributed by atoms with Crippen molar-refractivity contribution in [3.8, 4) is 28.5 Å². The number of fused-ring (bicyclic) bond motifs is 2. The molecule has 2 aliphatic heterocycles. The molecule has 8 nitrogen and oxygen atoms in total. The third-order valence-corrected chi connectivity index (χ3v) is 8.38. The van der Waals surface area contributed by atoms with Gasteiger partial charge in [0.25, 0.3) is 0 Å². The maximum Gasteiger partial charge on any atom is 0.250 e. The van der Waals surface area contributed by atoms with E-state index in [0.717, 1.165) is 62.8 Å². The summed E-state index contributed by atoms with van der Waals surface area (Å²) in [6.07, 6.45) is 1.72. The topological polar surface area (TPSA) is 88.7 Å². The van der Waals surface area contributed by atoms with Gasteiger partial charge in [-0.05, 0) is 42.5 Å². The summed E-state index contributed by atoms with van der Waals surface area (Å²) in [5.74, 6) is 2.27. The van der Waals surface area contributed by atoms with Crippen LogP contribution in [0, 0.1) is 0 Å². The number of benzene rings is 2. The van der Waals surface area contributed by atoms with Crippen molar-refractivity contribution in [2.45, 2.75) is 16.3 Å². The molecular formula is C28H27N4O4S+. The molecular weight excluding hydrogens is 488 g/mol. The molecule has 0 bridgehead atoms. The second-order valence-corrected chi connectivity index (χ2v) is 10.5. The van der Waals surface area contributed by atoms with Crippen molar-refractivity contribution in [3.63, 3.8) is 0 Å². The van der Waals surface area contributed by atoms with Crippen LogP contribution in [0.5, 0.6) is 17.2 Å². The molecule has 37 heavy (non-hydrogen) atoms. The molecule has 1 atom stereocenters. The number of H-pyrrole nitrogens is 1. The van der Waals surface area contributed by atoms with Crippen LogP contribution in [0.25, 0.3) is 11.3 Å². The monoisotopic (exact) mass is 515 g/mol. The molecule has 1 unspecified atom stereocenters. The van der Waals surface area contributed by atoms with E-state index in [0.29, 0.717) is 19.8 Å². The van der Waals surface area contributed by atoms with Gasteiger partial charge in [0, 0.05) is 30.4 Å². The van der Waals surface area contributed by atoms with Gasteiger partial charge in [-0.15, -0.1) is 4.72 Å². The van der Waals surface area contributed by atoms with E-state index < -0.39 is 11.1 Å². The Bertz CT molecular complexity index is 1470. The van der Waals surface area contributed by atoms with Crippen LogP contribution in [0.2, 0.25) is 0 Å². The van der Waals surface area contributed by atoms with Crippen molar-refractivity contribution >= 4 is 16.8 Å². The second kappa shape index (κ2) is 10.3. The van der Waals surface area contributed by atoms with E-state index in [4.69, 9.17) is 14.2 Å². The van der Waals surface area contributed by atoms with Crippen LogP contribution in [0.1, 0.15) is 5.69 Å². The lowest BCUT2D eigenvalue weighted by molar-refractivity contribution is 0.122. The number of methoxy groups -OCH3 is 1. The summed E-state index contributed by atoms with van der Waals surface area (Å²) in [7, 11) is 1.63. The second-order valence-electron chi connectivity index (χ2n) is 8.71. The minimum Gasteiger partial charge on any atom is -0.495 e. The summed E-state index contributed by atoms with van der Waals surface area (Å²) in [5, 5.41) is 0. The molecule has 1 fully saturated rings. The van der Waals surface area contributed by atoms with Gasteiger partial charge in [0.1, 0.15) is 5.75 Å². The number of pyridine rings is 2. The maximum absolute atomic E-state index is 12.7. The van der Waals surface area contributed by atoms with Crippen molar-refractivity contribution in [1.29, 1.82) is 0 Å². The van der Waals surface area contributed by atoms with Crippen molar-refractivity contribution in [3.05, 3.63) is 89.0 Å². The third-order valence-electron chi connectivity index (χ3n) is 6.41. The van der Waals surface area contributed by atoms with E-state index in [9.17, 15) is 4.79 Å². The molecule has 9 heteroatoms. The summed E-state index contributed by atoms with van der Waals surface area (Å²) < 4.78 is 20.9. The molecule has 0 aliphatic carbocycles. The molecule has 4 aromatic rings. The molecule has 188 valence electrons. The highest BCUT2D eigenvalue weighted by Crippen LogP contribution is 2.47. The summed E-state index contributed by atoms with van der Waals surface area (Å²) in [6, 6.07) is 21.7. The molecule has 0 saturated carbocycles. The number of hydrogen-bond donors (Lipinski definition) is 2. The van der Waals surface area contributed by atoms with Crippen molar-refractivity contribution in [2.75, 3.05) is 38.3 Å². The molecule has 1 saturated heterocycles. The first-order chi connectivity index (χ1) is 18.2. The van der Waals surface area contributed by atoms with E-state index in [1.165, 1.54) is 0 Å². The van der Waals surface area contributed by atoms with Crippen LogP contribution < -0.4 is 24.7 Å². The lowest BCUT2D eigenvalue weighted by atomic mass is 10.1. The van der Waals surface area contributed by atoms with E-state index >= 15 is 0 Å². The minimum absolute atomic E-state index is 0.143. The van der Waals surface area contributed by atoms with Gasteiger partial charge >= 0.3 is 0 Å². The smallest absolute Gasteiger partial charge is 0.250 e. The van der Waals surface area contributed by atoms with Crippen LogP contribution >= 0.6 is 0 Å². The first kappa shape index (κ1) is 23.6. The number of aromatic amines is 1. The summed E-state index contributed by atoms with van der Waals surface area (Å²) in [4.78, 5) is 24.5. The van der Waals surface area contributed by atoms with Crippen LogP contribution in [0.3, 0.4) is 0 Å². The molecule has 0 radical (unpaired) electrons. The fourth-order valence-electron chi connectivity index (χ4n) is 4.54. The van der Waals surface area contributed by atoms with E-state index in [1.54, 1.807) is 19.4 Å². The predicted octanol–water partition coefficient (Wildman–Crippen LogP) is 4.13. The number of morpholine rings is 1. The van der Waals surface area contributed by atoms with E-state index in [1.807, 2.05) is 48.5 Å². The van der Waals surface area contributed by atoms with Gasteiger partial charge in [0.05, 0.1) is 44.5 Å². The Labute approximate surface area is 217 Å². The Kier molecular flexibility index (Phi) is 6.57. The average Bonchev–Trinajstić information content (AvgIpc) is 2.95. The number of nitrogens with zero attached hydrogens (tertiary/aromatic N) is 2. The van der Waals surface area contributed by atoms with Gasteiger partial charge in [0.2, 0.25) is 15.4 Å². The van der Waals surface area contributed by atoms with E-state index in [-0.39, 0.29) is 5.56 Å². The summed E-state index contributed by atoms with van der Waals surface area (Å²) >= 11 is -0.466. The Balaban J connectivity index is 1.38. The van der Waals surface area contributed by atoms with Gasteiger partial charge in [-0.3, -0.25) is 9.78 Å². The zero-order valence-electron chi connectivity index (χ0n) is 20.4. The zero-order chi connectivity index (χ0) is 25.2. The van der Waals surface area contributed by atoms with Gasteiger partial charge in [0.15, 0.2) is 22.6 Å². The number of nitrogens with one attached hydrogen (secondary N) is 2. The molecule has 6 rings (SSSR count). The number of hydrogen-bond acceptors (Lipinski definition) is 7. The molecule has 0 amide bonds. The Morgan fingerprint density at radius 3 is 2.70 bits per heavy atom. The molecule has 2 aliphatic rings. The van der Waals surface area contributed by atoms with Gasteiger partial charge in [-0.1, -0.05) is 18.2 Å². The fourth-order valence-corrected chi connectivity index (χ4v) is 6.46. The summed E-state index contributed by atoms with van der Waals surface area (Å²) in [5.41, 5.74) is 3.23. The van der Waals surface area contributed by atoms with Crippen molar-refractivity contribution in [1.82, 2.24) is 14.7 Å². The normalized spacial score (nSPS) is 16.5. The van der Waals surface area contributed by atoms with Gasteiger partial charge in [-0.2, -0.15) is 0 Å². The SMILES string of the molecule is COc1ccc(CN[S+]2c3ccccc3Oc3c(-c4cc(N5CCOCC5)cc(=O)[nH]4)cccc32)nc1. The number of ether oxygens (including phenoxy) is 3. The first-order valence-corrected chi connectivity index (χ1v) is 13.4. The maximum atomic E-state index is 12.7. The average molecular weight is 516 g/mol. The molecule has 2 aromatic carbocycles. The van der Waals surface area contributed by atoms with Crippen LogP contribution in [-0.4, -0.2) is 43.4 Å². The van der Waals surface area contributed by atoms with Gasteiger partial charge < -0.3 is 24.1 Å². The highest BCUT2D eigenvalue weighted by Gasteiger charge is 2.39. The molecule has 2 aromatic heterocycles. The Hall–Kier alpha value is -3.79. The highest BCUT2D eigenvalue weighted by molar-refractivity contribution is 7.95. The first-order valence-electron chi connectivity index (χ1n) is 12.1. The zero-order valence-corrected chi connectivity index (χ0v) is 21.2. The molecule has 2 N–H and O–H groups in total.